The molecule has 0 saturated carbocycles. The van der Waals surface area contributed by atoms with Gasteiger partial charge >= 0.3 is 12.1 Å². The summed E-state index contributed by atoms with van der Waals surface area (Å²) >= 11 is 0. The standard InChI is InChI=1S/C29H30F3N3O4/c1-38-27(36)17-22-15-21-8-11-25(39-14-4-13-34-26-5-2-3-12-33-26)16-23(21)19-35(28(22)37)18-20-6-9-24(10-7-20)29(30,31)32/h2-3,5-12,16,22H,4,13-15,17-19H2,1H3,(H,33,34). The Morgan fingerprint density at radius 2 is 1.90 bits per heavy atom. The SMILES string of the molecule is COC(=O)CC1Cc2ccc(OCCCNc3ccccn3)cc2CN(Cc2ccc(C(F)(F)F)cc2)C1=O. The maximum absolute atomic E-state index is 13.4. The number of aromatic nitrogens is 1. The van der Waals surface area contributed by atoms with Crippen LogP contribution >= 0.6 is 0 Å². The van der Waals surface area contributed by atoms with Gasteiger partial charge in [0.1, 0.15) is 11.6 Å². The number of carbonyl (C=O) groups is 2. The number of ether oxygens (including phenoxy) is 2. The van der Waals surface area contributed by atoms with Gasteiger partial charge in [-0.3, -0.25) is 9.59 Å². The fourth-order valence-electron chi connectivity index (χ4n) is 4.48. The molecule has 2 heterocycles. The third-order valence-electron chi connectivity index (χ3n) is 6.52. The van der Waals surface area contributed by atoms with E-state index in [1.165, 1.54) is 19.2 Å². The second-order valence-electron chi connectivity index (χ2n) is 9.34. The summed E-state index contributed by atoms with van der Waals surface area (Å²) in [5.74, 6) is 0.0597. The number of esters is 1. The van der Waals surface area contributed by atoms with Gasteiger partial charge in [-0.2, -0.15) is 13.2 Å². The van der Waals surface area contributed by atoms with Crippen molar-refractivity contribution >= 4 is 17.7 Å². The lowest BCUT2D eigenvalue weighted by atomic mass is 9.94. The Labute approximate surface area is 224 Å². The fourth-order valence-corrected chi connectivity index (χ4v) is 4.48. The molecule has 10 heteroatoms. The monoisotopic (exact) mass is 541 g/mol. The summed E-state index contributed by atoms with van der Waals surface area (Å²) < 4.78 is 49.7. The molecule has 0 fully saturated rings. The summed E-state index contributed by atoms with van der Waals surface area (Å²) in [7, 11) is 1.27. The first-order chi connectivity index (χ1) is 18.7. The average molecular weight is 542 g/mol. The molecule has 1 amide bonds. The van der Waals surface area contributed by atoms with Crippen molar-refractivity contribution in [3.05, 3.63) is 89.1 Å². The van der Waals surface area contributed by atoms with Crippen molar-refractivity contribution in [1.82, 2.24) is 9.88 Å². The van der Waals surface area contributed by atoms with Crippen LogP contribution in [0.25, 0.3) is 0 Å². The lowest BCUT2D eigenvalue weighted by Crippen LogP contribution is -2.35. The summed E-state index contributed by atoms with van der Waals surface area (Å²) in [4.78, 5) is 31.3. The van der Waals surface area contributed by atoms with Crippen LogP contribution in [0.4, 0.5) is 19.0 Å². The van der Waals surface area contributed by atoms with E-state index < -0.39 is 23.6 Å². The molecular formula is C29H30F3N3O4. The van der Waals surface area contributed by atoms with Gasteiger partial charge in [-0.05, 0) is 65.9 Å². The van der Waals surface area contributed by atoms with Crippen LogP contribution in [0.2, 0.25) is 0 Å². The van der Waals surface area contributed by atoms with E-state index in [9.17, 15) is 22.8 Å². The summed E-state index contributed by atoms with van der Waals surface area (Å²) in [6, 6.07) is 16.0. The number of alkyl halides is 3. The third-order valence-corrected chi connectivity index (χ3v) is 6.52. The number of nitrogens with zero attached hydrogens (tertiary/aromatic N) is 2. The van der Waals surface area contributed by atoms with E-state index in [0.29, 0.717) is 30.9 Å². The van der Waals surface area contributed by atoms with Crippen molar-refractivity contribution in [2.75, 3.05) is 25.6 Å². The van der Waals surface area contributed by atoms with Crippen molar-refractivity contribution in [2.45, 2.75) is 38.5 Å². The molecule has 4 rings (SSSR count). The number of fused-ring (bicyclic) bond motifs is 1. The molecule has 2 aromatic carbocycles. The van der Waals surface area contributed by atoms with Gasteiger partial charge in [-0.1, -0.05) is 24.3 Å². The number of benzene rings is 2. The highest BCUT2D eigenvalue weighted by molar-refractivity contribution is 5.84. The maximum Gasteiger partial charge on any atom is 0.416 e. The first-order valence-corrected chi connectivity index (χ1v) is 12.6. The van der Waals surface area contributed by atoms with Gasteiger partial charge in [0, 0.05) is 25.8 Å². The molecule has 1 N–H and O–H groups in total. The van der Waals surface area contributed by atoms with Crippen LogP contribution < -0.4 is 10.1 Å². The average Bonchev–Trinajstić information content (AvgIpc) is 3.04. The van der Waals surface area contributed by atoms with Crippen molar-refractivity contribution in [1.29, 1.82) is 0 Å². The van der Waals surface area contributed by atoms with Crippen LogP contribution in [-0.4, -0.2) is 42.0 Å². The molecule has 0 bridgehead atoms. The van der Waals surface area contributed by atoms with E-state index in [1.807, 2.05) is 36.4 Å². The van der Waals surface area contributed by atoms with Crippen molar-refractivity contribution < 1.29 is 32.2 Å². The molecule has 1 atom stereocenters. The van der Waals surface area contributed by atoms with Crippen LogP contribution in [0, 0.1) is 5.92 Å². The predicted octanol–water partition coefficient (Wildman–Crippen LogP) is 5.25. The maximum atomic E-state index is 13.4. The molecule has 0 aliphatic carbocycles. The fraction of sp³-hybridized carbons (Fsp3) is 0.345. The van der Waals surface area contributed by atoms with E-state index in [-0.39, 0.29) is 25.4 Å². The molecule has 3 aromatic rings. The Morgan fingerprint density at radius 1 is 1.10 bits per heavy atom. The smallest absolute Gasteiger partial charge is 0.416 e. The predicted molar refractivity (Wildman–Crippen MR) is 139 cm³/mol. The summed E-state index contributed by atoms with van der Waals surface area (Å²) in [6.45, 7) is 1.51. The quantitative estimate of drug-likeness (QED) is 0.279. The Balaban J connectivity index is 1.46. The lowest BCUT2D eigenvalue weighted by molar-refractivity contribution is -0.147. The number of pyridine rings is 1. The van der Waals surface area contributed by atoms with Crippen molar-refractivity contribution in [2.24, 2.45) is 5.92 Å². The first-order valence-electron chi connectivity index (χ1n) is 12.6. The summed E-state index contributed by atoms with van der Waals surface area (Å²) in [6.07, 6.45) is -1.71. The van der Waals surface area contributed by atoms with Crippen molar-refractivity contribution in [3.8, 4) is 5.75 Å². The summed E-state index contributed by atoms with van der Waals surface area (Å²) in [5.41, 5.74) is 1.59. The number of carbonyl (C=O) groups excluding carboxylic acids is 2. The molecule has 1 aromatic heterocycles. The van der Waals surface area contributed by atoms with E-state index >= 15 is 0 Å². The third kappa shape index (κ3) is 7.72. The van der Waals surface area contributed by atoms with Gasteiger partial charge < -0.3 is 19.7 Å². The first kappa shape index (κ1) is 27.9. The number of hydrogen-bond donors (Lipinski definition) is 1. The highest BCUT2D eigenvalue weighted by atomic mass is 19.4. The van der Waals surface area contributed by atoms with Crippen LogP contribution in [0.5, 0.6) is 5.75 Å². The number of anilines is 1. The normalized spacial score (nSPS) is 15.3. The lowest BCUT2D eigenvalue weighted by Gasteiger charge is -2.24. The van der Waals surface area contributed by atoms with Crippen LogP contribution in [-0.2, 0) is 40.0 Å². The number of nitrogens with one attached hydrogen (secondary N) is 1. The van der Waals surface area contributed by atoms with Gasteiger partial charge in [0.15, 0.2) is 0 Å². The molecule has 206 valence electrons. The molecular weight excluding hydrogens is 511 g/mol. The van der Waals surface area contributed by atoms with Gasteiger partial charge in [0.05, 0.1) is 31.6 Å². The zero-order valence-electron chi connectivity index (χ0n) is 21.5. The van der Waals surface area contributed by atoms with E-state index in [2.05, 4.69) is 10.3 Å². The molecule has 0 saturated heterocycles. The molecule has 1 aliphatic rings. The number of halogens is 3. The molecule has 1 unspecified atom stereocenters. The van der Waals surface area contributed by atoms with Gasteiger partial charge in [0.2, 0.25) is 5.91 Å². The van der Waals surface area contributed by atoms with Crippen LogP contribution in [0.3, 0.4) is 0 Å². The number of hydrogen-bond acceptors (Lipinski definition) is 6. The van der Waals surface area contributed by atoms with Gasteiger partial charge in [-0.25, -0.2) is 4.98 Å². The number of rotatable bonds is 10. The van der Waals surface area contributed by atoms with Gasteiger partial charge in [-0.15, -0.1) is 0 Å². The van der Waals surface area contributed by atoms with E-state index in [0.717, 1.165) is 35.5 Å². The summed E-state index contributed by atoms with van der Waals surface area (Å²) in [5, 5.41) is 3.22. The Kier molecular flexibility index (Phi) is 9.06. The second-order valence-corrected chi connectivity index (χ2v) is 9.34. The molecule has 0 radical (unpaired) electrons. The van der Waals surface area contributed by atoms with E-state index in [4.69, 9.17) is 9.47 Å². The molecule has 1 aliphatic heterocycles. The minimum Gasteiger partial charge on any atom is -0.494 e. The zero-order valence-corrected chi connectivity index (χ0v) is 21.5. The van der Waals surface area contributed by atoms with Crippen molar-refractivity contribution in [3.63, 3.8) is 0 Å². The Hall–Kier alpha value is -4.08. The second kappa shape index (κ2) is 12.6. The molecule has 0 spiro atoms. The highest BCUT2D eigenvalue weighted by Crippen LogP contribution is 2.31. The Bertz CT molecular complexity index is 1270. The molecule has 7 nitrogen and oxygen atoms in total. The van der Waals surface area contributed by atoms with Crippen LogP contribution in [0.15, 0.2) is 66.9 Å². The van der Waals surface area contributed by atoms with Crippen LogP contribution in [0.1, 0.15) is 35.1 Å². The largest absolute Gasteiger partial charge is 0.494 e. The Morgan fingerprint density at radius 3 is 2.59 bits per heavy atom. The molecule has 39 heavy (non-hydrogen) atoms. The highest BCUT2D eigenvalue weighted by Gasteiger charge is 2.33. The number of methoxy groups -OCH3 is 1. The minimum atomic E-state index is -4.44. The van der Waals surface area contributed by atoms with Gasteiger partial charge in [0.25, 0.3) is 0 Å². The number of amides is 1. The van der Waals surface area contributed by atoms with E-state index in [1.54, 1.807) is 11.1 Å². The topological polar surface area (TPSA) is 80.8 Å². The minimum absolute atomic E-state index is 0.0835. The zero-order chi connectivity index (χ0) is 27.8.